The largest absolute Gasteiger partial charge is 0.0625 e. The quantitative estimate of drug-likeness (QED) is 0.592. The van der Waals surface area contributed by atoms with Gasteiger partial charge in [0.15, 0.2) is 0 Å². The molecule has 0 aromatic heterocycles. The van der Waals surface area contributed by atoms with E-state index in [4.69, 9.17) is 0 Å². The summed E-state index contributed by atoms with van der Waals surface area (Å²) in [6.07, 6.45) is 6.60. The Labute approximate surface area is 86.5 Å². The van der Waals surface area contributed by atoms with E-state index in [1.807, 2.05) is 0 Å². The standard InChI is InChI=1S/C14H20/c1-7(2)12-13-5-8-3-9-10(4-8)11(9)14(12,13)6-13/h7-12H,3-6H2,1-2H3. The van der Waals surface area contributed by atoms with E-state index in [0.29, 0.717) is 0 Å². The van der Waals surface area contributed by atoms with E-state index in [2.05, 4.69) is 13.8 Å². The van der Waals surface area contributed by atoms with Crippen LogP contribution >= 0.6 is 0 Å². The molecule has 4 bridgehead atoms. The molecule has 0 saturated heterocycles. The summed E-state index contributed by atoms with van der Waals surface area (Å²) in [4.78, 5) is 0. The fourth-order valence-electron chi connectivity index (χ4n) is 6.98. The molecular weight excluding hydrogens is 168 g/mol. The molecule has 6 rings (SSSR count). The van der Waals surface area contributed by atoms with Gasteiger partial charge < -0.3 is 0 Å². The Balaban J connectivity index is 1.62. The van der Waals surface area contributed by atoms with Crippen LogP contribution in [0.5, 0.6) is 0 Å². The highest BCUT2D eigenvalue weighted by Gasteiger charge is 2.97. The van der Waals surface area contributed by atoms with Gasteiger partial charge in [0.05, 0.1) is 0 Å². The van der Waals surface area contributed by atoms with Crippen LogP contribution in [-0.4, -0.2) is 0 Å². The van der Waals surface area contributed by atoms with E-state index < -0.39 is 0 Å². The number of hydrogen-bond acceptors (Lipinski definition) is 0. The SMILES string of the molecule is CC(C)C1C23CC4CC5C(C4)C5C12C3. The zero-order chi connectivity index (χ0) is 9.29. The van der Waals surface area contributed by atoms with Crippen molar-refractivity contribution in [3.05, 3.63) is 0 Å². The van der Waals surface area contributed by atoms with E-state index in [9.17, 15) is 0 Å². The smallest absolute Gasteiger partial charge is 0.0162 e. The van der Waals surface area contributed by atoms with Crippen molar-refractivity contribution in [3.8, 4) is 0 Å². The first-order chi connectivity index (χ1) is 6.71. The van der Waals surface area contributed by atoms with Crippen molar-refractivity contribution in [3.63, 3.8) is 0 Å². The van der Waals surface area contributed by atoms with E-state index in [1.165, 1.54) is 29.6 Å². The molecule has 0 radical (unpaired) electrons. The number of hydrogen-bond donors (Lipinski definition) is 0. The lowest BCUT2D eigenvalue weighted by Gasteiger charge is -2.24. The molecule has 5 atom stereocenters. The highest BCUT2D eigenvalue weighted by Crippen LogP contribution is 3.02. The van der Waals surface area contributed by atoms with Gasteiger partial charge >= 0.3 is 0 Å². The van der Waals surface area contributed by atoms with Gasteiger partial charge in [-0.3, -0.25) is 0 Å². The third kappa shape index (κ3) is 0.463. The van der Waals surface area contributed by atoms with Crippen molar-refractivity contribution in [2.45, 2.75) is 39.5 Å². The molecule has 0 spiro atoms. The van der Waals surface area contributed by atoms with Gasteiger partial charge in [0.1, 0.15) is 0 Å². The van der Waals surface area contributed by atoms with Gasteiger partial charge in [0, 0.05) is 0 Å². The molecule has 76 valence electrons. The predicted molar refractivity (Wildman–Crippen MR) is 55.6 cm³/mol. The highest BCUT2D eigenvalue weighted by atomic mass is 15.0. The molecule has 0 heteroatoms. The van der Waals surface area contributed by atoms with Crippen LogP contribution in [0.2, 0.25) is 0 Å². The Morgan fingerprint density at radius 2 is 1.86 bits per heavy atom. The van der Waals surface area contributed by atoms with E-state index in [-0.39, 0.29) is 0 Å². The summed E-state index contributed by atoms with van der Waals surface area (Å²) < 4.78 is 0. The van der Waals surface area contributed by atoms with E-state index in [0.717, 1.165) is 16.7 Å². The second-order valence-electron chi connectivity index (χ2n) is 7.49. The van der Waals surface area contributed by atoms with Crippen LogP contribution in [0, 0.1) is 46.3 Å². The molecule has 0 aromatic carbocycles. The molecule has 0 amide bonds. The molecule has 14 heavy (non-hydrogen) atoms. The molecule has 0 nitrogen and oxygen atoms in total. The summed E-state index contributed by atoms with van der Waals surface area (Å²) in [5, 5.41) is 0. The maximum Gasteiger partial charge on any atom is -0.0162 e. The molecule has 0 aromatic rings. The summed E-state index contributed by atoms with van der Waals surface area (Å²) in [7, 11) is 0. The molecule has 6 aliphatic rings. The average molecular weight is 188 g/mol. The summed E-state index contributed by atoms with van der Waals surface area (Å²) in [6.45, 7) is 4.95. The normalized spacial score (nSPS) is 75.2. The Hall–Kier alpha value is 0. The molecule has 0 N–H and O–H groups in total. The van der Waals surface area contributed by atoms with Crippen LogP contribution in [0.15, 0.2) is 0 Å². The van der Waals surface area contributed by atoms with E-state index in [1.54, 1.807) is 25.7 Å². The highest BCUT2D eigenvalue weighted by molar-refractivity contribution is 5.44. The minimum absolute atomic E-state index is 0.941. The third-order valence-electron chi connectivity index (χ3n) is 6.93. The lowest BCUT2D eigenvalue weighted by Crippen LogP contribution is -2.17. The Morgan fingerprint density at radius 1 is 1.14 bits per heavy atom. The second kappa shape index (κ2) is 1.62. The fourth-order valence-corrected chi connectivity index (χ4v) is 6.98. The molecule has 0 aliphatic heterocycles. The Kier molecular flexibility index (Phi) is 0.845. The maximum absolute atomic E-state index is 2.48. The lowest BCUT2D eigenvalue weighted by molar-refractivity contribution is 0.244. The molecule has 6 fully saturated rings. The first-order valence-electron chi connectivity index (χ1n) is 6.71. The van der Waals surface area contributed by atoms with Gasteiger partial charge in [0.2, 0.25) is 0 Å². The molecule has 6 saturated carbocycles. The lowest BCUT2D eigenvalue weighted by atomic mass is 9.80. The zero-order valence-electron chi connectivity index (χ0n) is 9.29. The fraction of sp³-hybridized carbons (Fsp3) is 1.00. The molecule has 0 heterocycles. The molecular formula is C14H20. The average Bonchev–Trinajstić information content (AvgIpc) is 2.85. The monoisotopic (exact) mass is 188 g/mol. The second-order valence-corrected chi connectivity index (χ2v) is 7.49. The minimum atomic E-state index is 0.941. The van der Waals surface area contributed by atoms with Crippen molar-refractivity contribution in [1.29, 1.82) is 0 Å². The molecule has 6 aliphatic carbocycles. The first kappa shape index (κ1) is 7.30. The number of rotatable bonds is 1. The van der Waals surface area contributed by atoms with Crippen LogP contribution in [0.1, 0.15) is 39.5 Å². The van der Waals surface area contributed by atoms with Gasteiger partial charge in [-0.25, -0.2) is 0 Å². The summed E-state index contributed by atoms with van der Waals surface area (Å²) in [5.41, 5.74) is 1.90. The summed E-state index contributed by atoms with van der Waals surface area (Å²) in [5.74, 6) is 7.04. The first-order valence-corrected chi connectivity index (χ1v) is 6.71. The van der Waals surface area contributed by atoms with Crippen LogP contribution in [-0.2, 0) is 0 Å². The van der Waals surface area contributed by atoms with Crippen LogP contribution in [0.25, 0.3) is 0 Å². The Morgan fingerprint density at radius 3 is 2.50 bits per heavy atom. The van der Waals surface area contributed by atoms with Crippen LogP contribution < -0.4 is 0 Å². The van der Waals surface area contributed by atoms with Crippen molar-refractivity contribution in [1.82, 2.24) is 0 Å². The van der Waals surface area contributed by atoms with Gasteiger partial charge in [-0.05, 0) is 72.0 Å². The zero-order valence-corrected chi connectivity index (χ0v) is 9.29. The topological polar surface area (TPSA) is 0 Å². The van der Waals surface area contributed by atoms with E-state index >= 15 is 0 Å². The predicted octanol–water partition coefficient (Wildman–Crippen LogP) is 3.32. The summed E-state index contributed by atoms with van der Waals surface area (Å²) in [6, 6.07) is 0. The van der Waals surface area contributed by atoms with Gasteiger partial charge in [-0.15, -0.1) is 0 Å². The van der Waals surface area contributed by atoms with Crippen molar-refractivity contribution < 1.29 is 0 Å². The maximum atomic E-state index is 2.48. The van der Waals surface area contributed by atoms with Crippen molar-refractivity contribution in [2.24, 2.45) is 46.3 Å². The minimum Gasteiger partial charge on any atom is -0.0625 e. The van der Waals surface area contributed by atoms with Gasteiger partial charge in [-0.1, -0.05) is 13.8 Å². The van der Waals surface area contributed by atoms with Crippen LogP contribution in [0.3, 0.4) is 0 Å². The van der Waals surface area contributed by atoms with Crippen molar-refractivity contribution >= 4 is 0 Å². The third-order valence-corrected chi connectivity index (χ3v) is 6.93. The van der Waals surface area contributed by atoms with Crippen LogP contribution in [0.4, 0.5) is 0 Å². The summed E-state index contributed by atoms with van der Waals surface area (Å²) >= 11 is 0. The van der Waals surface area contributed by atoms with Gasteiger partial charge in [-0.2, -0.15) is 0 Å². The Bertz CT molecular complexity index is 328. The van der Waals surface area contributed by atoms with Crippen molar-refractivity contribution in [2.75, 3.05) is 0 Å². The van der Waals surface area contributed by atoms with Gasteiger partial charge in [0.25, 0.3) is 0 Å². The molecule has 5 unspecified atom stereocenters.